The van der Waals surface area contributed by atoms with Gasteiger partial charge in [-0.05, 0) is 79.8 Å². The maximum Gasteiger partial charge on any atom is 0.246 e. The van der Waals surface area contributed by atoms with Crippen molar-refractivity contribution in [3.8, 4) is 5.75 Å². The van der Waals surface area contributed by atoms with Gasteiger partial charge in [0.1, 0.15) is 5.75 Å². The second-order valence-electron chi connectivity index (χ2n) is 8.74. The van der Waals surface area contributed by atoms with Gasteiger partial charge in [0.15, 0.2) is 0 Å². The van der Waals surface area contributed by atoms with E-state index in [1.165, 1.54) is 30.9 Å². The van der Waals surface area contributed by atoms with E-state index in [4.69, 9.17) is 9.84 Å². The minimum absolute atomic E-state index is 0.0308. The molecular weight excluding hydrogens is 350 g/mol. The van der Waals surface area contributed by atoms with E-state index < -0.39 is 0 Å². The number of hydrogen-bond acceptors (Lipinski definition) is 4. The molecule has 2 saturated carbocycles. The van der Waals surface area contributed by atoms with E-state index in [2.05, 4.69) is 35.9 Å². The molecule has 1 aromatic rings. The third kappa shape index (κ3) is 3.54. The first-order valence-corrected chi connectivity index (χ1v) is 10.7. The lowest BCUT2D eigenvalue weighted by atomic mass is 10.0. The van der Waals surface area contributed by atoms with Gasteiger partial charge in [-0.1, -0.05) is 6.58 Å². The molecule has 0 spiro atoms. The number of likely N-dealkylation sites (tertiary alicyclic amines) is 1. The van der Waals surface area contributed by atoms with E-state index in [1.54, 1.807) is 0 Å². The maximum atomic E-state index is 11.9. The Hall–Kier alpha value is -2.30. The average Bonchev–Trinajstić information content (AvgIpc) is 3.13. The Bertz CT molecular complexity index is 778. The van der Waals surface area contributed by atoms with Gasteiger partial charge < -0.3 is 9.64 Å². The van der Waals surface area contributed by atoms with Crippen LogP contribution in [0, 0.1) is 11.8 Å². The van der Waals surface area contributed by atoms with Gasteiger partial charge in [0.25, 0.3) is 0 Å². The third-order valence-electron chi connectivity index (χ3n) is 6.82. The molecule has 1 amide bonds. The lowest BCUT2D eigenvalue weighted by molar-refractivity contribution is -0.128. The zero-order chi connectivity index (χ0) is 19.1. The molecule has 4 aliphatic rings. The number of ether oxygens (including phenoxy) is 1. The highest BCUT2D eigenvalue weighted by Gasteiger charge is 2.46. The highest BCUT2D eigenvalue weighted by molar-refractivity contribution is 6.01. The van der Waals surface area contributed by atoms with Crippen LogP contribution in [0.4, 0.5) is 0 Å². The molecule has 3 fully saturated rings. The molecule has 1 saturated heterocycles. The van der Waals surface area contributed by atoms with E-state index in [0.717, 1.165) is 62.2 Å². The first-order valence-electron chi connectivity index (χ1n) is 10.7. The minimum Gasteiger partial charge on any atom is -0.490 e. The molecule has 5 nitrogen and oxygen atoms in total. The summed E-state index contributed by atoms with van der Waals surface area (Å²) < 4.78 is 6.16. The van der Waals surface area contributed by atoms with Crippen molar-refractivity contribution in [3.05, 3.63) is 42.5 Å². The summed E-state index contributed by atoms with van der Waals surface area (Å²) in [5, 5.41) is 7.08. The number of amides is 1. The summed E-state index contributed by atoms with van der Waals surface area (Å²) in [7, 11) is 0. The van der Waals surface area contributed by atoms with Crippen LogP contribution in [-0.4, -0.2) is 53.3 Å². The number of nitrogens with zero attached hydrogens (tertiary/aromatic N) is 3. The summed E-state index contributed by atoms with van der Waals surface area (Å²) in [6.07, 6.45) is 8.81. The molecule has 3 atom stereocenters. The standard InChI is InChI=1S/C23H29N3O2/c1-2-23(27)25-10-3-4-19(15-25)26-11-9-22(24-26)16-5-7-20(8-6-16)28-21-13-17-12-18(17)14-21/h2,5-8,17-19,21H,1,3-4,9-15H2/t17?,18?,19-,21?/m1/s1. The highest BCUT2D eigenvalue weighted by Crippen LogP contribution is 2.52. The van der Waals surface area contributed by atoms with Gasteiger partial charge in [-0.15, -0.1) is 0 Å². The molecule has 2 aliphatic carbocycles. The fourth-order valence-corrected chi connectivity index (χ4v) is 5.14. The van der Waals surface area contributed by atoms with Gasteiger partial charge in [0, 0.05) is 26.1 Å². The van der Waals surface area contributed by atoms with Crippen molar-refractivity contribution in [2.75, 3.05) is 19.6 Å². The quantitative estimate of drug-likeness (QED) is 0.736. The predicted molar refractivity (Wildman–Crippen MR) is 109 cm³/mol. The lowest BCUT2D eigenvalue weighted by Gasteiger charge is -2.36. The van der Waals surface area contributed by atoms with E-state index in [9.17, 15) is 4.79 Å². The van der Waals surface area contributed by atoms with Crippen LogP contribution < -0.4 is 4.74 Å². The Morgan fingerprint density at radius 3 is 2.68 bits per heavy atom. The first-order chi connectivity index (χ1) is 13.7. The number of fused-ring (bicyclic) bond motifs is 1. The van der Waals surface area contributed by atoms with Crippen LogP contribution in [0.3, 0.4) is 0 Å². The zero-order valence-electron chi connectivity index (χ0n) is 16.4. The molecule has 0 aromatic heterocycles. The number of hydrogen-bond donors (Lipinski definition) is 0. The van der Waals surface area contributed by atoms with Crippen molar-refractivity contribution in [3.63, 3.8) is 0 Å². The third-order valence-corrected chi connectivity index (χ3v) is 6.82. The summed E-state index contributed by atoms with van der Waals surface area (Å²) in [6.45, 7) is 6.12. The zero-order valence-corrected chi connectivity index (χ0v) is 16.4. The topological polar surface area (TPSA) is 45.1 Å². The number of carbonyl (C=O) groups excluding carboxylic acids is 1. The molecule has 148 valence electrons. The van der Waals surface area contributed by atoms with E-state index in [1.807, 2.05) is 4.90 Å². The van der Waals surface area contributed by atoms with Crippen LogP contribution in [-0.2, 0) is 4.79 Å². The maximum absolute atomic E-state index is 11.9. The Morgan fingerprint density at radius 2 is 1.93 bits per heavy atom. The molecular formula is C23H29N3O2. The summed E-state index contributed by atoms with van der Waals surface area (Å²) in [4.78, 5) is 13.8. The Labute approximate surface area is 167 Å². The number of piperidine rings is 1. The number of hydrazone groups is 1. The Kier molecular flexibility index (Phi) is 4.61. The van der Waals surface area contributed by atoms with E-state index in [0.29, 0.717) is 12.1 Å². The van der Waals surface area contributed by atoms with Crippen LogP contribution in [0.5, 0.6) is 5.75 Å². The van der Waals surface area contributed by atoms with Gasteiger partial charge in [0.2, 0.25) is 5.91 Å². The average molecular weight is 380 g/mol. The number of carbonyl (C=O) groups is 1. The molecule has 5 rings (SSSR count). The van der Waals surface area contributed by atoms with Crippen molar-refractivity contribution in [2.45, 2.75) is 50.7 Å². The van der Waals surface area contributed by atoms with Crippen LogP contribution in [0.1, 0.15) is 44.1 Å². The molecule has 5 heteroatoms. The van der Waals surface area contributed by atoms with Crippen molar-refractivity contribution < 1.29 is 9.53 Å². The normalized spacial score (nSPS) is 31.4. The van der Waals surface area contributed by atoms with E-state index in [-0.39, 0.29) is 5.91 Å². The van der Waals surface area contributed by atoms with Gasteiger partial charge in [0.05, 0.1) is 17.9 Å². The van der Waals surface area contributed by atoms with Gasteiger partial charge in [-0.2, -0.15) is 5.10 Å². The minimum atomic E-state index is 0.0308. The molecule has 0 N–H and O–H groups in total. The number of benzene rings is 1. The van der Waals surface area contributed by atoms with Crippen LogP contribution >= 0.6 is 0 Å². The Balaban J connectivity index is 1.20. The summed E-state index contributed by atoms with van der Waals surface area (Å²) in [5.74, 6) is 2.90. The monoisotopic (exact) mass is 379 g/mol. The molecule has 1 aromatic carbocycles. The molecule has 2 heterocycles. The number of rotatable bonds is 5. The SMILES string of the molecule is C=CC(=O)N1CCC[C@@H](N2CCC(c3ccc(OC4CC5CC5C4)cc3)=N2)C1. The summed E-state index contributed by atoms with van der Waals surface area (Å²) >= 11 is 0. The molecule has 0 radical (unpaired) electrons. The van der Waals surface area contributed by atoms with Crippen LogP contribution in [0.2, 0.25) is 0 Å². The highest BCUT2D eigenvalue weighted by atomic mass is 16.5. The van der Waals surface area contributed by atoms with E-state index >= 15 is 0 Å². The predicted octanol–water partition coefficient (Wildman–Crippen LogP) is 3.45. The Morgan fingerprint density at radius 1 is 1.14 bits per heavy atom. The second kappa shape index (κ2) is 7.26. The summed E-state index contributed by atoms with van der Waals surface area (Å²) in [5.41, 5.74) is 2.32. The van der Waals surface area contributed by atoms with Crippen molar-refractivity contribution >= 4 is 11.6 Å². The van der Waals surface area contributed by atoms with Gasteiger partial charge >= 0.3 is 0 Å². The fourth-order valence-electron chi connectivity index (χ4n) is 5.14. The van der Waals surface area contributed by atoms with Crippen molar-refractivity contribution in [1.29, 1.82) is 0 Å². The lowest BCUT2D eigenvalue weighted by Crippen LogP contribution is -2.47. The molecule has 0 bridgehead atoms. The van der Waals surface area contributed by atoms with Gasteiger partial charge in [-0.3, -0.25) is 9.80 Å². The molecule has 2 unspecified atom stereocenters. The van der Waals surface area contributed by atoms with Crippen molar-refractivity contribution in [2.24, 2.45) is 16.9 Å². The second-order valence-corrected chi connectivity index (χ2v) is 8.74. The fraction of sp³-hybridized carbons (Fsp3) is 0.565. The summed E-state index contributed by atoms with van der Waals surface area (Å²) in [6, 6.07) is 8.78. The smallest absolute Gasteiger partial charge is 0.246 e. The first kappa shape index (κ1) is 17.8. The molecule has 2 aliphatic heterocycles. The van der Waals surface area contributed by atoms with Crippen molar-refractivity contribution in [1.82, 2.24) is 9.91 Å². The van der Waals surface area contributed by atoms with Crippen LogP contribution in [0.15, 0.2) is 42.0 Å². The largest absolute Gasteiger partial charge is 0.490 e. The van der Waals surface area contributed by atoms with Gasteiger partial charge in [-0.25, -0.2) is 0 Å². The van der Waals surface area contributed by atoms with Crippen LogP contribution in [0.25, 0.3) is 0 Å². The molecule has 28 heavy (non-hydrogen) atoms.